The van der Waals surface area contributed by atoms with Gasteiger partial charge in [0.2, 0.25) is 11.8 Å². The number of piperidine rings is 2. The average Bonchev–Trinajstić information content (AvgIpc) is 2.62. The molecule has 0 saturated carbocycles. The minimum Gasteiger partial charge on any atom is -0.369 e. The maximum Gasteiger partial charge on any atom is 0.236 e. The van der Waals surface area contributed by atoms with Crippen molar-refractivity contribution in [2.24, 2.45) is 11.7 Å². The topological polar surface area (TPSA) is 66.6 Å². The summed E-state index contributed by atoms with van der Waals surface area (Å²) in [7, 11) is 0. The van der Waals surface area contributed by atoms with Crippen LogP contribution in [0.15, 0.2) is 24.3 Å². The van der Waals surface area contributed by atoms with Crippen molar-refractivity contribution in [3.05, 3.63) is 35.4 Å². The summed E-state index contributed by atoms with van der Waals surface area (Å²) in [5, 5.41) is 0. The number of hydrogen-bond acceptors (Lipinski definition) is 3. The number of hydrogen-bond donors (Lipinski definition) is 1. The summed E-state index contributed by atoms with van der Waals surface area (Å²) in [6.45, 7) is 5.83. The molecule has 2 fully saturated rings. The molecule has 2 heterocycles. The fourth-order valence-corrected chi connectivity index (χ4v) is 4.07. The molecule has 1 aromatic rings. The van der Waals surface area contributed by atoms with E-state index in [4.69, 9.17) is 5.73 Å². The smallest absolute Gasteiger partial charge is 0.236 e. The number of benzene rings is 1. The maximum absolute atomic E-state index is 12.7. The van der Waals surface area contributed by atoms with Crippen molar-refractivity contribution >= 4 is 11.8 Å². The Balaban J connectivity index is 1.53. The van der Waals surface area contributed by atoms with Crippen molar-refractivity contribution in [1.82, 2.24) is 9.80 Å². The van der Waals surface area contributed by atoms with Crippen LogP contribution in [0.25, 0.3) is 0 Å². The SMILES string of the molecule is Cc1cccc([C@@H]2CCCN(C(=O)CN3CCC(C(N)=O)CC3)C2)c1. The molecule has 136 valence electrons. The molecule has 2 aliphatic heterocycles. The monoisotopic (exact) mass is 343 g/mol. The van der Waals surface area contributed by atoms with Gasteiger partial charge in [-0.3, -0.25) is 14.5 Å². The van der Waals surface area contributed by atoms with E-state index in [1.54, 1.807) is 0 Å². The highest BCUT2D eigenvalue weighted by Gasteiger charge is 2.28. The maximum atomic E-state index is 12.7. The highest BCUT2D eigenvalue weighted by molar-refractivity contribution is 5.79. The summed E-state index contributed by atoms with van der Waals surface area (Å²) in [6.07, 6.45) is 3.76. The molecule has 2 N–H and O–H groups in total. The van der Waals surface area contributed by atoms with Gasteiger partial charge in [-0.05, 0) is 51.3 Å². The average molecular weight is 343 g/mol. The van der Waals surface area contributed by atoms with Crippen LogP contribution in [0.4, 0.5) is 0 Å². The second-order valence-electron chi connectivity index (χ2n) is 7.55. The van der Waals surface area contributed by atoms with Gasteiger partial charge in [-0.25, -0.2) is 0 Å². The molecule has 5 heteroatoms. The van der Waals surface area contributed by atoms with Gasteiger partial charge in [0.05, 0.1) is 6.54 Å². The van der Waals surface area contributed by atoms with Gasteiger partial charge in [-0.1, -0.05) is 29.8 Å². The molecule has 1 atom stereocenters. The van der Waals surface area contributed by atoms with E-state index in [9.17, 15) is 9.59 Å². The Labute approximate surface area is 150 Å². The van der Waals surface area contributed by atoms with E-state index in [0.717, 1.165) is 51.9 Å². The summed E-state index contributed by atoms with van der Waals surface area (Å²) in [5.74, 6) is 0.433. The van der Waals surface area contributed by atoms with Crippen LogP contribution in [0.2, 0.25) is 0 Å². The lowest BCUT2D eigenvalue weighted by atomic mass is 9.90. The summed E-state index contributed by atoms with van der Waals surface area (Å²) in [5.41, 5.74) is 8.00. The Morgan fingerprint density at radius 1 is 1.16 bits per heavy atom. The van der Waals surface area contributed by atoms with Gasteiger partial charge >= 0.3 is 0 Å². The summed E-state index contributed by atoms with van der Waals surface area (Å²) in [6, 6.07) is 8.65. The Morgan fingerprint density at radius 2 is 1.92 bits per heavy atom. The van der Waals surface area contributed by atoms with Crippen molar-refractivity contribution in [3.8, 4) is 0 Å². The number of carbonyl (C=O) groups is 2. The number of nitrogens with two attached hydrogens (primary N) is 1. The van der Waals surface area contributed by atoms with E-state index in [1.807, 2.05) is 4.90 Å². The zero-order chi connectivity index (χ0) is 17.8. The highest BCUT2D eigenvalue weighted by atomic mass is 16.2. The molecular formula is C20H29N3O2. The zero-order valence-electron chi connectivity index (χ0n) is 15.1. The number of rotatable bonds is 4. The molecule has 2 amide bonds. The predicted molar refractivity (Wildman–Crippen MR) is 98.1 cm³/mol. The summed E-state index contributed by atoms with van der Waals surface area (Å²) >= 11 is 0. The number of nitrogens with zero attached hydrogens (tertiary/aromatic N) is 2. The molecule has 25 heavy (non-hydrogen) atoms. The molecule has 0 bridgehead atoms. The van der Waals surface area contributed by atoms with Gasteiger partial charge < -0.3 is 10.6 Å². The number of carbonyl (C=O) groups excluding carboxylic acids is 2. The Bertz CT molecular complexity index is 623. The fourth-order valence-electron chi connectivity index (χ4n) is 4.07. The highest BCUT2D eigenvalue weighted by Crippen LogP contribution is 2.27. The van der Waals surface area contributed by atoms with Crippen LogP contribution in [0.5, 0.6) is 0 Å². The van der Waals surface area contributed by atoms with Crippen LogP contribution in [0.3, 0.4) is 0 Å². The second-order valence-corrected chi connectivity index (χ2v) is 7.55. The third kappa shape index (κ3) is 4.60. The molecule has 0 unspecified atom stereocenters. The Hall–Kier alpha value is -1.88. The van der Waals surface area contributed by atoms with E-state index < -0.39 is 0 Å². The lowest BCUT2D eigenvalue weighted by Gasteiger charge is -2.36. The molecule has 0 aliphatic carbocycles. The number of aryl methyl sites for hydroxylation is 1. The first-order valence-electron chi connectivity index (χ1n) is 9.39. The van der Waals surface area contributed by atoms with Crippen LogP contribution in [-0.4, -0.2) is 54.3 Å². The second kappa shape index (κ2) is 8.00. The lowest BCUT2D eigenvalue weighted by Crippen LogP contribution is -2.47. The van der Waals surface area contributed by atoms with Gasteiger partial charge in [0.25, 0.3) is 0 Å². The minimum atomic E-state index is -0.206. The van der Waals surface area contributed by atoms with Crippen molar-refractivity contribution in [2.45, 2.75) is 38.5 Å². The van der Waals surface area contributed by atoms with Crippen LogP contribution in [0.1, 0.15) is 42.7 Å². The van der Waals surface area contributed by atoms with Gasteiger partial charge in [0.1, 0.15) is 0 Å². The number of amides is 2. The molecule has 3 rings (SSSR count). The van der Waals surface area contributed by atoms with Crippen molar-refractivity contribution in [2.75, 3.05) is 32.7 Å². The quantitative estimate of drug-likeness (QED) is 0.908. The van der Waals surface area contributed by atoms with Crippen molar-refractivity contribution < 1.29 is 9.59 Å². The van der Waals surface area contributed by atoms with Gasteiger partial charge in [0.15, 0.2) is 0 Å². The molecular weight excluding hydrogens is 314 g/mol. The lowest BCUT2D eigenvalue weighted by molar-refractivity contribution is -0.134. The third-order valence-electron chi connectivity index (χ3n) is 5.64. The Kier molecular flexibility index (Phi) is 5.74. The van der Waals surface area contributed by atoms with Crippen LogP contribution < -0.4 is 5.73 Å². The number of primary amides is 1. The van der Waals surface area contributed by atoms with Crippen LogP contribution in [-0.2, 0) is 9.59 Å². The van der Waals surface area contributed by atoms with Crippen molar-refractivity contribution in [1.29, 1.82) is 0 Å². The first-order chi connectivity index (χ1) is 12.0. The van der Waals surface area contributed by atoms with E-state index in [1.165, 1.54) is 11.1 Å². The van der Waals surface area contributed by atoms with Gasteiger partial charge in [-0.2, -0.15) is 0 Å². The van der Waals surface area contributed by atoms with E-state index in [0.29, 0.717) is 12.5 Å². The minimum absolute atomic E-state index is 0.0213. The van der Waals surface area contributed by atoms with Crippen LogP contribution >= 0.6 is 0 Å². The van der Waals surface area contributed by atoms with Gasteiger partial charge in [0, 0.05) is 24.9 Å². The fraction of sp³-hybridized carbons (Fsp3) is 0.600. The normalized spacial score (nSPS) is 22.8. The third-order valence-corrected chi connectivity index (χ3v) is 5.64. The summed E-state index contributed by atoms with van der Waals surface area (Å²) in [4.78, 5) is 28.2. The zero-order valence-corrected chi connectivity index (χ0v) is 15.1. The molecule has 2 aliphatic rings. The Morgan fingerprint density at radius 3 is 2.60 bits per heavy atom. The standard InChI is InChI=1S/C20H29N3O2/c1-15-4-2-5-17(12-15)18-6-3-9-23(13-18)19(24)14-22-10-7-16(8-11-22)20(21)25/h2,4-5,12,16,18H,3,6-11,13-14H2,1H3,(H2,21,25)/t18-/m1/s1. The van der Waals surface area contributed by atoms with Crippen molar-refractivity contribution in [3.63, 3.8) is 0 Å². The van der Waals surface area contributed by atoms with E-state index in [-0.39, 0.29) is 17.7 Å². The van der Waals surface area contributed by atoms with Crippen LogP contribution in [0, 0.1) is 12.8 Å². The molecule has 0 aromatic heterocycles. The predicted octanol–water partition coefficient (Wildman–Crippen LogP) is 1.90. The van der Waals surface area contributed by atoms with E-state index >= 15 is 0 Å². The van der Waals surface area contributed by atoms with E-state index in [2.05, 4.69) is 36.1 Å². The molecule has 0 radical (unpaired) electrons. The largest absolute Gasteiger partial charge is 0.369 e. The number of likely N-dealkylation sites (tertiary alicyclic amines) is 2. The molecule has 5 nitrogen and oxygen atoms in total. The molecule has 0 spiro atoms. The summed E-state index contributed by atoms with van der Waals surface area (Å²) < 4.78 is 0. The first-order valence-corrected chi connectivity index (χ1v) is 9.39. The molecule has 1 aromatic carbocycles. The van der Waals surface area contributed by atoms with Gasteiger partial charge in [-0.15, -0.1) is 0 Å². The first kappa shape index (κ1) is 17.9. The molecule has 2 saturated heterocycles.